The van der Waals surface area contributed by atoms with Crippen LogP contribution < -0.4 is 9.80 Å². The molecule has 0 saturated carbocycles. The Hall–Kier alpha value is -6.03. The molecule has 8 aromatic rings. The van der Waals surface area contributed by atoms with E-state index in [1.807, 2.05) is 0 Å². The molecule has 0 heterocycles. The predicted molar refractivity (Wildman–Crippen MR) is 230 cm³/mol. The van der Waals surface area contributed by atoms with Crippen molar-refractivity contribution in [3.63, 3.8) is 0 Å². The van der Waals surface area contributed by atoms with Crippen molar-refractivity contribution in [2.75, 3.05) is 28.6 Å². The van der Waals surface area contributed by atoms with Crippen LogP contribution in [0.1, 0.15) is 16.7 Å². The van der Waals surface area contributed by atoms with E-state index >= 15 is 0 Å². The Balaban J connectivity index is 1.29. The molecule has 0 bridgehead atoms. The molecule has 3 heteroatoms. The van der Waals surface area contributed by atoms with Gasteiger partial charge in [-0.05, 0) is 142 Å². The summed E-state index contributed by atoms with van der Waals surface area (Å²) in [6.07, 6.45) is 7.47. The molecule has 0 radical (unpaired) electrons. The van der Waals surface area contributed by atoms with Gasteiger partial charge in [0.15, 0.2) is 0 Å². The number of anilines is 6. The largest absolute Gasteiger partial charge is 0.310 e. The first-order valence-corrected chi connectivity index (χ1v) is 21.1. The molecule has 1 aliphatic carbocycles. The van der Waals surface area contributed by atoms with E-state index in [2.05, 4.69) is 229 Å². The normalized spacial score (nSPS) is 15.1. The number of hydrogen-bond acceptors (Lipinski definition) is 2. The Morgan fingerprint density at radius 3 is 1.23 bits per heavy atom. The fourth-order valence-electron chi connectivity index (χ4n) is 8.48. The minimum absolute atomic E-state index is 0.337. The summed E-state index contributed by atoms with van der Waals surface area (Å²) >= 11 is 0. The Morgan fingerprint density at radius 2 is 0.755 bits per heavy atom. The Kier molecular flexibility index (Phi) is 8.17. The molecule has 53 heavy (non-hydrogen) atoms. The maximum Gasteiger partial charge on any atom is 0.0763 e. The molecule has 258 valence electrons. The highest BCUT2D eigenvalue weighted by Crippen LogP contribution is 2.70. The lowest BCUT2D eigenvalue weighted by molar-refractivity contribution is 0.915. The van der Waals surface area contributed by atoms with E-state index in [-0.39, 0.29) is 4.75 Å². The van der Waals surface area contributed by atoms with E-state index in [4.69, 9.17) is 0 Å². The minimum Gasteiger partial charge on any atom is -0.310 e. The maximum atomic E-state index is 2.51. The smallest absolute Gasteiger partial charge is 0.0763 e. The predicted octanol–water partition coefficient (Wildman–Crippen LogP) is 13.7. The van der Waals surface area contributed by atoms with Crippen molar-refractivity contribution in [2.24, 2.45) is 0 Å². The van der Waals surface area contributed by atoms with Crippen LogP contribution in [0.15, 0.2) is 200 Å². The third-order valence-corrected chi connectivity index (χ3v) is 13.2. The first-order chi connectivity index (χ1) is 25.9. The Labute approximate surface area is 314 Å². The van der Waals surface area contributed by atoms with Crippen LogP contribution in [0.5, 0.6) is 0 Å². The van der Waals surface area contributed by atoms with Crippen LogP contribution in [0.2, 0.25) is 0 Å². The molecule has 0 aromatic heterocycles. The third kappa shape index (κ3) is 5.51. The van der Waals surface area contributed by atoms with Gasteiger partial charge in [-0.25, -0.2) is 10.0 Å². The molecule has 9 rings (SSSR count). The van der Waals surface area contributed by atoms with Crippen LogP contribution in [0.4, 0.5) is 34.1 Å². The monoisotopic (exact) mass is 702 g/mol. The summed E-state index contributed by atoms with van der Waals surface area (Å²) in [4.78, 5) is 4.75. The van der Waals surface area contributed by atoms with Gasteiger partial charge in [0.2, 0.25) is 0 Å². The molecule has 1 aliphatic rings. The van der Waals surface area contributed by atoms with E-state index in [0.29, 0.717) is 0 Å². The van der Waals surface area contributed by atoms with Crippen molar-refractivity contribution in [1.29, 1.82) is 0 Å². The fraction of sp³-hybridized carbons (Fsp3) is 0.0800. The van der Waals surface area contributed by atoms with Crippen LogP contribution in [-0.2, 0) is 4.75 Å². The van der Waals surface area contributed by atoms with Crippen LogP contribution in [0.3, 0.4) is 0 Å². The SMILES string of the molecule is CS(C)(C)C1(c2ccccc2)c2cc(N(c3ccccc3)c3ccccc3)ccc2-c2cc3ccc(N(c4ccccc4)c4ccccc4)cc3cc21. The molecule has 0 fully saturated rings. The van der Waals surface area contributed by atoms with E-state index in [0.717, 1.165) is 34.1 Å². The molecular formula is C50H42N2S. The quantitative estimate of drug-likeness (QED) is 0.156. The zero-order valence-electron chi connectivity index (χ0n) is 30.4. The van der Waals surface area contributed by atoms with Crippen molar-refractivity contribution in [3.8, 4) is 11.1 Å². The summed E-state index contributed by atoms with van der Waals surface area (Å²) in [6, 6.07) is 73.2. The van der Waals surface area contributed by atoms with Gasteiger partial charge in [-0.1, -0.05) is 115 Å². The number of hydrogen-bond donors (Lipinski definition) is 0. The molecule has 0 saturated heterocycles. The molecule has 8 aromatic carbocycles. The van der Waals surface area contributed by atoms with Crippen molar-refractivity contribution >= 4 is 54.9 Å². The molecule has 0 spiro atoms. The summed E-state index contributed by atoms with van der Waals surface area (Å²) in [5.41, 5.74) is 13.6. The average Bonchev–Trinajstić information content (AvgIpc) is 3.49. The highest BCUT2D eigenvalue weighted by molar-refractivity contribution is 8.33. The Morgan fingerprint density at radius 1 is 0.340 bits per heavy atom. The van der Waals surface area contributed by atoms with Gasteiger partial charge in [-0.2, -0.15) is 0 Å². The zero-order chi connectivity index (χ0) is 36.0. The number of benzene rings is 8. The average molecular weight is 703 g/mol. The molecule has 1 unspecified atom stereocenters. The van der Waals surface area contributed by atoms with E-state index < -0.39 is 10.0 Å². The van der Waals surface area contributed by atoms with Crippen LogP contribution in [-0.4, -0.2) is 18.8 Å². The van der Waals surface area contributed by atoms with Gasteiger partial charge in [0.05, 0.1) is 4.75 Å². The van der Waals surface area contributed by atoms with Crippen molar-refractivity contribution in [2.45, 2.75) is 4.75 Å². The zero-order valence-corrected chi connectivity index (χ0v) is 31.2. The number of para-hydroxylation sites is 4. The second-order valence-corrected chi connectivity index (χ2v) is 18.8. The number of nitrogens with zero attached hydrogens (tertiary/aromatic N) is 2. The van der Waals surface area contributed by atoms with Gasteiger partial charge in [-0.15, -0.1) is 0 Å². The summed E-state index contributed by atoms with van der Waals surface area (Å²) in [7, 11) is -1.33. The molecule has 2 nitrogen and oxygen atoms in total. The Bertz CT molecular complexity index is 2450. The van der Waals surface area contributed by atoms with Gasteiger partial charge >= 0.3 is 0 Å². The number of fused-ring (bicyclic) bond motifs is 4. The molecule has 0 N–H and O–H groups in total. The lowest BCUT2D eigenvalue weighted by atomic mass is 9.87. The van der Waals surface area contributed by atoms with Crippen LogP contribution in [0.25, 0.3) is 21.9 Å². The molecule has 0 amide bonds. The third-order valence-electron chi connectivity index (χ3n) is 10.7. The second-order valence-electron chi connectivity index (χ2n) is 14.6. The second kappa shape index (κ2) is 13.2. The van der Waals surface area contributed by atoms with Gasteiger partial charge in [0.25, 0.3) is 0 Å². The van der Waals surface area contributed by atoms with E-state index in [1.54, 1.807) is 0 Å². The fourth-order valence-corrected chi connectivity index (χ4v) is 11.0. The first kappa shape index (κ1) is 32.8. The first-order valence-electron chi connectivity index (χ1n) is 18.2. The minimum atomic E-state index is -1.33. The summed E-state index contributed by atoms with van der Waals surface area (Å²) in [5.74, 6) is 0. The summed E-state index contributed by atoms with van der Waals surface area (Å²) in [6.45, 7) is 0. The van der Waals surface area contributed by atoms with E-state index in [1.165, 1.54) is 38.6 Å². The maximum absolute atomic E-state index is 2.51. The molecule has 1 atom stereocenters. The van der Waals surface area contributed by atoms with E-state index in [9.17, 15) is 0 Å². The van der Waals surface area contributed by atoms with Crippen LogP contribution >= 0.6 is 10.0 Å². The summed E-state index contributed by atoms with van der Waals surface area (Å²) in [5, 5.41) is 2.48. The summed E-state index contributed by atoms with van der Waals surface area (Å²) < 4.78 is -0.337. The van der Waals surface area contributed by atoms with Crippen LogP contribution in [0, 0.1) is 0 Å². The van der Waals surface area contributed by atoms with Gasteiger partial charge in [0, 0.05) is 34.1 Å². The molecule has 0 aliphatic heterocycles. The van der Waals surface area contributed by atoms with Gasteiger partial charge < -0.3 is 9.80 Å². The van der Waals surface area contributed by atoms with Gasteiger partial charge in [0.1, 0.15) is 0 Å². The highest BCUT2D eigenvalue weighted by Gasteiger charge is 2.50. The lowest BCUT2D eigenvalue weighted by Gasteiger charge is -2.49. The van der Waals surface area contributed by atoms with Crippen molar-refractivity contribution in [3.05, 3.63) is 217 Å². The topological polar surface area (TPSA) is 6.48 Å². The standard InChI is InChI=1S/C50H42N2S/c1-53(2,3)50(39-19-9-4-10-20-39)48-35-38-33-44(51(40-21-11-5-12-22-40)41-23-13-6-14-24-41)30-29-37(38)34-47(48)46-32-31-45(36-49(46)50)52(42-25-15-7-16-26-42)43-27-17-8-18-28-43/h4-36H,1-3H3. The van der Waals surface area contributed by atoms with Gasteiger partial charge in [-0.3, -0.25) is 0 Å². The molecular weight excluding hydrogens is 661 g/mol. The number of rotatable bonds is 8. The van der Waals surface area contributed by atoms with Crippen molar-refractivity contribution < 1.29 is 0 Å². The lowest BCUT2D eigenvalue weighted by Crippen LogP contribution is -2.32. The van der Waals surface area contributed by atoms with Crippen molar-refractivity contribution in [1.82, 2.24) is 0 Å². The highest BCUT2D eigenvalue weighted by atomic mass is 32.3.